The minimum Gasteiger partial charge on any atom is -0.0632 e. The third-order valence-corrected chi connectivity index (χ3v) is 9.53. The minimum absolute atomic E-state index is 0.598. The molecule has 0 aromatic heterocycles. The van der Waals surface area contributed by atoms with Crippen LogP contribution in [0.3, 0.4) is 0 Å². The van der Waals surface area contributed by atoms with Crippen molar-refractivity contribution in [1.29, 1.82) is 0 Å². The van der Waals surface area contributed by atoms with Crippen molar-refractivity contribution in [3.05, 3.63) is 81.4 Å². The first-order valence-corrected chi connectivity index (χ1v) is 11.8. The van der Waals surface area contributed by atoms with Gasteiger partial charge in [-0.15, -0.1) is 0 Å². The van der Waals surface area contributed by atoms with Gasteiger partial charge in [-0.05, 0) is 64.7 Å². The van der Waals surface area contributed by atoms with E-state index in [9.17, 15) is 0 Å². The van der Waals surface area contributed by atoms with Gasteiger partial charge in [0, 0.05) is 0 Å². The van der Waals surface area contributed by atoms with Crippen LogP contribution in [0.1, 0.15) is 44.4 Å². The van der Waals surface area contributed by atoms with E-state index in [4.69, 9.17) is 0 Å². The molecule has 3 rings (SSSR count). The van der Waals surface area contributed by atoms with E-state index in [1.54, 1.807) is 27.1 Å². The van der Waals surface area contributed by atoms with E-state index in [2.05, 4.69) is 90.9 Å². The first kappa shape index (κ1) is 18.9. The van der Waals surface area contributed by atoms with Gasteiger partial charge in [-0.2, -0.15) is 0 Å². The van der Waals surface area contributed by atoms with Crippen LogP contribution in [0.25, 0.3) is 0 Å². The van der Waals surface area contributed by atoms with Crippen LogP contribution in [0.15, 0.2) is 64.8 Å². The van der Waals surface area contributed by atoms with Gasteiger partial charge in [-0.1, -0.05) is 87.6 Å². The van der Waals surface area contributed by atoms with E-state index in [-0.39, 0.29) is 0 Å². The molecule has 1 heteroatoms. The van der Waals surface area contributed by atoms with Crippen molar-refractivity contribution in [2.45, 2.75) is 54.5 Å². The lowest BCUT2D eigenvalue weighted by atomic mass is 10.00. The van der Waals surface area contributed by atoms with Crippen molar-refractivity contribution in [3.8, 4) is 0 Å². The van der Waals surface area contributed by atoms with Crippen LogP contribution in [-0.2, 0) is 0 Å². The second-order valence-corrected chi connectivity index (χ2v) is 11.1. The lowest BCUT2D eigenvalue weighted by molar-refractivity contribution is 0.812. The van der Waals surface area contributed by atoms with Crippen LogP contribution in [0.4, 0.5) is 0 Å². The van der Waals surface area contributed by atoms with Gasteiger partial charge in [-0.3, -0.25) is 0 Å². The van der Waals surface area contributed by atoms with E-state index in [0.29, 0.717) is 5.92 Å². The molecule has 2 aromatic rings. The summed E-state index contributed by atoms with van der Waals surface area (Å²) in [5, 5.41) is 3.15. The van der Waals surface area contributed by atoms with Gasteiger partial charge in [0.05, 0.1) is 0 Å². The summed E-state index contributed by atoms with van der Waals surface area (Å²) in [4.78, 5) is 0. The molecule has 0 bridgehead atoms. The molecule has 0 aliphatic heterocycles. The number of hydrogen-bond donors (Lipinski definition) is 0. The molecule has 0 heterocycles. The average molecular weight is 361 g/mol. The van der Waals surface area contributed by atoms with Crippen LogP contribution in [0.5, 0.6) is 0 Å². The molecule has 0 saturated heterocycles. The molecule has 0 fully saturated rings. The Morgan fingerprint density at radius 3 is 1.77 bits per heavy atom. The summed E-state index contributed by atoms with van der Waals surface area (Å²) < 4.78 is 0. The Kier molecular flexibility index (Phi) is 5.38. The summed E-state index contributed by atoms with van der Waals surface area (Å²) in [7, 11) is -1.30. The molecule has 2 aromatic carbocycles. The Morgan fingerprint density at radius 2 is 1.27 bits per heavy atom. The maximum Gasteiger partial charge on any atom is 0.107 e. The predicted octanol–water partition coefficient (Wildman–Crippen LogP) is 5.26. The van der Waals surface area contributed by atoms with Gasteiger partial charge >= 0.3 is 0 Å². The monoisotopic (exact) mass is 360 g/mol. The van der Waals surface area contributed by atoms with Crippen LogP contribution < -0.4 is 10.4 Å². The smallest absolute Gasteiger partial charge is 0.0632 e. The topological polar surface area (TPSA) is 0 Å². The number of allylic oxidation sites excluding steroid dienone is 4. The summed E-state index contributed by atoms with van der Waals surface area (Å²) in [6.07, 6.45) is 0. The molecule has 1 aliphatic rings. The zero-order valence-corrected chi connectivity index (χ0v) is 18.6. The Balaban J connectivity index is 2.06. The molecule has 0 radical (unpaired) electrons. The maximum atomic E-state index is 2.44. The van der Waals surface area contributed by atoms with E-state index >= 15 is 0 Å². The van der Waals surface area contributed by atoms with Crippen LogP contribution in [0, 0.1) is 26.7 Å². The standard InChI is InChI=1S/C25H32Si/c1-16-8-10-23(11-9-16)26(24-13-17(2)12-18(3)14-24)15-25-21(6)19(4)20(5)22(25)7/h8-14,21,26H,15H2,1-7H3. The Bertz CT molecular complexity index is 861. The molecule has 0 amide bonds. The predicted molar refractivity (Wildman–Crippen MR) is 119 cm³/mol. The summed E-state index contributed by atoms with van der Waals surface area (Å²) in [5.74, 6) is 0.598. The van der Waals surface area contributed by atoms with Gasteiger partial charge in [0.25, 0.3) is 0 Å². The lowest BCUT2D eigenvalue weighted by Gasteiger charge is -2.22. The van der Waals surface area contributed by atoms with E-state index < -0.39 is 8.80 Å². The highest BCUT2D eigenvalue weighted by atomic mass is 28.3. The van der Waals surface area contributed by atoms with Crippen LogP contribution >= 0.6 is 0 Å². The molecule has 0 saturated carbocycles. The Labute approximate surface area is 161 Å². The molecule has 1 aliphatic carbocycles. The third kappa shape index (κ3) is 3.64. The molecule has 26 heavy (non-hydrogen) atoms. The van der Waals surface area contributed by atoms with Gasteiger partial charge in [0.1, 0.15) is 8.80 Å². The van der Waals surface area contributed by atoms with Gasteiger partial charge in [0.15, 0.2) is 0 Å². The van der Waals surface area contributed by atoms with Crippen molar-refractivity contribution < 1.29 is 0 Å². The van der Waals surface area contributed by atoms with Crippen molar-refractivity contribution in [2.75, 3.05) is 0 Å². The van der Waals surface area contributed by atoms with Gasteiger partial charge in [0.2, 0.25) is 0 Å². The SMILES string of the molecule is CC1=C(C)C(C)C(C[SiH](c2ccc(C)cc2)c2cc(C)cc(C)c2)=C1C. The number of hydrogen-bond acceptors (Lipinski definition) is 0. The van der Waals surface area contributed by atoms with Crippen molar-refractivity contribution in [2.24, 2.45) is 5.92 Å². The van der Waals surface area contributed by atoms with Crippen LogP contribution in [-0.4, -0.2) is 8.80 Å². The Morgan fingerprint density at radius 1 is 0.692 bits per heavy atom. The highest BCUT2D eigenvalue weighted by molar-refractivity contribution is 6.85. The molecule has 136 valence electrons. The van der Waals surface area contributed by atoms with E-state index in [1.807, 2.05) is 0 Å². The normalized spacial score (nSPS) is 18.7. The number of benzene rings is 2. The molecule has 2 unspecified atom stereocenters. The van der Waals surface area contributed by atoms with Crippen molar-refractivity contribution >= 4 is 19.2 Å². The summed E-state index contributed by atoms with van der Waals surface area (Å²) in [5.41, 5.74) is 10.4. The van der Waals surface area contributed by atoms with Crippen molar-refractivity contribution in [3.63, 3.8) is 0 Å². The fourth-order valence-electron chi connectivity index (χ4n) is 4.44. The quantitative estimate of drug-likeness (QED) is 0.653. The second kappa shape index (κ2) is 7.40. The second-order valence-electron chi connectivity index (χ2n) is 8.27. The molecular weight excluding hydrogens is 328 g/mol. The average Bonchev–Trinajstić information content (AvgIpc) is 2.77. The molecule has 0 nitrogen and oxygen atoms in total. The zero-order valence-electron chi connectivity index (χ0n) is 17.4. The first-order valence-electron chi connectivity index (χ1n) is 9.80. The molecule has 0 N–H and O–H groups in total. The molecular formula is C25H32Si. The summed E-state index contributed by atoms with van der Waals surface area (Å²) in [6.45, 7) is 16.0. The fraction of sp³-hybridized carbons (Fsp3) is 0.360. The minimum atomic E-state index is -1.30. The fourth-order valence-corrected chi connectivity index (χ4v) is 7.98. The van der Waals surface area contributed by atoms with E-state index in [0.717, 1.165) is 0 Å². The zero-order chi connectivity index (χ0) is 19.0. The summed E-state index contributed by atoms with van der Waals surface area (Å²) in [6, 6.07) is 17.7. The van der Waals surface area contributed by atoms with Crippen molar-refractivity contribution in [1.82, 2.24) is 0 Å². The lowest BCUT2D eigenvalue weighted by Crippen LogP contribution is -2.43. The third-order valence-electron chi connectivity index (χ3n) is 6.36. The largest absolute Gasteiger partial charge is 0.107 e. The molecule has 0 spiro atoms. The maximum absolute atomic E-state index is 2.44. The summed E-state index contributed by atoms with van der Waals surface area (Å²) >= 11 is 0. The van der Waals surface area contributed by atoms with Gasteiger partial charge < -0.3 is 0 Å². The van der Waals surface area contributed by atoms with E-state index in [1.165, 1.54) is 28.3 Å². The highest BCUT2D eigenvalue weighted by Crippen LogP contribution is 2.39. The highest BCUT2D eigenvalue weighted by Gasteiger charge is 2.28. The Hall–Kier alpha value is -1.86. The first-order chi connectivity index (χ1) is 12.3. The number of aryl methyl sites for hydroxylation is 3. The molecule has 2 atom stereocenters. The van der Waals surface area contributed by atoms with Crippen LogP contribution in [0.2, 0.25) is 6.04 Å². The van der Waals surface area contributed by atoms with Gasteiger partial charge in [-0.25, -0.2) is 0 Å². The number of rotatable bonds is 4.